The first-order valence-electron chi connectivity index (χ1n) is 6.99. The van der Waals surface area contributed by atoms with E-state index in [1.807, 2.05) is 6.07 Å². The van der Waals surface area contributed by atoms with E-state index in [1.54, 1.807) is 6.07 Å². The lowest BCUT2D eigenvalue weighted by molar-refractivity contribution is 0.121. The minimum absolute atomic E-state index is 0.246. The summed E-state index contributed by atoms with van der Waals surface area (Å²) in [5.41, 5.74) is 0.922. The van der Waals surface area contributed by atoms with Crippen molar-refractivity contribution in [2.75, 3.05) is 13.3 Å². The van der Waals surface area contributed by atoms with Crippen molar-refractivity contribution < 1.29 is 14.6 Å². The van der Waals surface area contributed by atoms with Gasteiger partial charge in [0.15, 0.2) is 11.5 Å². The quantitative estimate of drug-likeness (QED) is 0.891. The number of hydrogen-bond acceptors (Lipinski definition) is 4. The molecule has 0 aliphatic carbocycles. The highest BCUT2D eigenvalue weighted by Crippen LogP contribution is 2.38. The van der Waals surface area contributed by atoms with Crippen LogP contribution in [0.5, 0.6) is 17.2 Å². The molecule has 1 saturated heterocycles. The molecule has 19 heavy (non-hydrogen) atoms. The number of fused-ring (bicyclic) bond motifs is 1. The molecule has 2 aliphatic heterocycles. The van der Waals surface area contributed by atoms with Crippen molar-refractivity contribution in [3.63, 3.8) is 0 Å². The number of piperidine rings is 1. The molecule has 4 nitrogen and oxygen atoms in total. The first-order chi connectivity index (χ1) is 9.13. The van der Waals surface area contributed by atoms with Gasteiger partial charge in [-0.2, -0.15) is 0 Å². The van der Waals surface area contributed by atoms with E-state index in [1.165, 1.54) is 12.8 Å². The molecule has 3 rings (SSSR count). The maximum Gasteiger partial charge on any atom is 0.231 e. The normalized spacial score (nSPS) is 26.6. The van der Waals surface area contributed by atoms with Crippen molar-refractivity contribution in [3.8, 4) is 17.2 Å². The number of phenolic OH excluding ortho intramolecular Hbond substituents is 1. The van der Waals surface area contributed by atoms with E-state index in [4.69, 9.17) is 9.47 Å². The second-order valence-electron chi connectivity index (χ2n) is 5.78. The van der Waals surface area contributed by atoms with Crippen molar-refractivity contribution in [1.29, 1.82) is 0 Å². The van der Waals surface area contributed by atoms with Gasteiger partial charge < -0.3 is 14.6 Å². The van der Waals surface area contributed by atoms with E-state index in [9.17, 15) is 5.11 Å². The number of ether oxygens (including phenoxy) is 2. The van der Waals surface area contributed by atoms with Crippen molar-refractivity contribution in [1.82, 2.24) is 4.90 Å². The SMILES string of the molecule is CC1CCN(Cc2cc3c(cc2O)OCO3)C(C)C1. The largest absolute Gasteiger partial charge is 0.507 e. The Morgan fingerprint density at radius 2 is 2.00 bits per heavy atom. The smallest absolute Gasteiger partial charge is 0.231 e. The summed E-state index contributed by atoms with van der Waals surface area (Å²) < 4.78 is 10.6. The van der Waals surface area contributed by atoms with Gasteiger partial charge in [-0.3, -0.25) is 4.90 Å². The topological polar surface area (TPSA) is 41.9 Å². The molecular weight excluding hydrogens is 242 g/mol. The molecule has 2 unspecified atom stereocenters. The number of phenols is 1. The van der Waals surface area contributed by atoms with Crippen LogP contribution in [0.15, 0.2) is 12.1 Å². The fraction of sp³-hybridized carbons (Fsp3) is 0.600. The number of nitrogens with zero attached hydrogens (tertiary/aromatic N) is 1. The van der Waals surface area contributed by atoms with Crippen molar-refractivity contribution >= 4 is 0 Å². The summed E-state index contributed by atoms with van der Waals surface area (Å²) in [6, 6.07) is 4.13. The van der Waals surface area contributed by atoms with Gasteiger partial charge in [0.2, 0.25) is 6.79 Å². The molecule has 0 spiro atoms. The molecule has 2 heterocycles. The zero-order chi connectivity index (χ0) is 13.4. The Morgan fingerprint density at radius 3 is 2.74 bits per heavy atom. The summed E-state index contributed by atoms with van der Waals surface area (Å²) in [6.45, 7) is 6.69. The lowest BCUT2D eigenvalue weighted by atomic mass is 9.93. The fourth-order valence-corrected chi connectivity index (χ4v) is 3.01. The Balaban J connectivity index is 1.76. The second kappa shape index (κ2) is 4.93. The molecule has 0 amide bonds. The minimum Gasteiger partial charge on any atom is -0.507 e. The Bertz CT molecular complexity index is 475. The molecule has 1 aromatic rings. The summed E-state index contributed by atoms with van der Waals surface area (Å²) in [5, 5.41) is 10.1. The zero-order valence-electron chi connectivity index (χ0n) is 11.6. The molecule has 1 fully saturated rings. The van der Waals surface area contributed by atoms with Crippen molar-refractivity contribution in [2.45, 2.75) is 39.3 Å². The van der Waals surface area contributed by atoms with Gasteiger partial charge in [0, 0.05) is 24.2 Å². The van der Waals surface area contributed by atoms with Gasteiger partial charge in [-0.15, -0.1) is 0 Å². The third kappa shape index (κ3) is 2.50. The number of hydrogen-bond donors (Lipinski definition) is 1. The van der Waals surface area contributed by atoms with Gasteiger partial charge in [-0.05, 0) is 38.3 Å². The molecule has 1 N–H and O–H groups in total. The van der Waals surface area contributed by atoms with Crippen LogP contribution in [0.2, 0.25) is 0 Å². The van der Waals surface area contributed by atoms with Crippen LogP contribution in [0.4, 0.5) is 0 Å². The maximum atomic E-state index is 10.1. The Hall–Kier alpha value is -1.42. The maximum absolute atomic E-state index is 10.1. The Kier molecular flexibility index (Phi) is 3.27. The second-order valence-corrected chi connectivity index (χ2v) is 5.78. The van der Waals surface area contributed by atoms with E-state index in [0.29, 0.717) is 17.5 Å². The highest BCUT2D eigenvalue weighted by molar-refractivity contribution is 5.51. The Morgan fingerprint density at radius 1 is 1.26 bits per heavy atom. The zero-order valence-corrected chi connectivity index (χ0v) is 11.6. The van der Waals surface area contributed by atoms with Gasteiger partial charge in [0.25, 0.3) is 0 Å². The summed E-state index contributed by atoms with van der Waals surface area (Å²) in [4.78, 5) is 2.43. The summed E-state index contributed by atoms with van der Waals surface area (Å²) in [7, 11) is 0. The van der Waals surface area contributed by atoms with Crippen LogP contribution in [0.3, 0.4) is 0 Å². The lowest BCUT2D eigenvalue weighted by Gasteiger charge is -2.36. The van der Waals surface area contributed by atoms with Crippen molar-refractivity contribution in [3.05, 3.63) is 17.7 Å². The molecule has 0 bridgehead atoms. The minimum atomic E-state index is 0.246. The average Bonchev–Trinajstić information content (AvgIpc) is 2.80. The number of benzene rings is 1. The van der Waals surface area contributed by atoms with Gasteiger partial charge in [0.05, 0.1) is 0 Å². The van der Waals surface area contributed by atoms with E-state index in [0.717, 1.165) is 30.3 Å². The van der Waals surface area contributed by atoms with Gasteiger partial charge in [0.1, 0.15) is 5.75 Å². The van der Waals surface area contributed by atoms with Crippen LogP contribution < -0.4 is 9.47 Å². The fourth-order valence-electron chi connectivity index (χ4n) is 3.01. The first kappa shape index (κ1) is 12.6. The molecule has 0 aromatic heterocycles. The predicted octanol–water partition coefficient (Wildman–Crippen LogP) is 2.74. The van der Waals surface area contributed by atoms with Crippen LogP contribution >= 0.6 is 0 Å². The van der Waals surface area contributed by atoms with Gasteiger partial charge in [-0.25, -0.2) is 0 Å². The lowest BCUT2D eigenvalue weighted by Crippen LogP contribution is -2.39. The van der Waals surface area contributed by atoms with Crippen LogP contribution in [-0.2, 0) is 6.54 Å². The van der Waals surface area contributed by atoms with Crippen LogP contribution in [0.25, 0.3) is 0 Å². The summed E-state index contributed by atoms with van der Waals surface area (Å²) in [5.74, 6) is 2.49. The van der Waals surface area contributed by atoms with E-state index in [2.05, 4.69) is 18.7 Å². The standard InChI is InChI=1S/C15H21NO3/c1-10-3-4-16(11(2)5-10)8-12-6-14-15(7-13(12)17)19-9-18-14/h6-7,10-11,17H,3-5,8-9H2,1-2H3. The van der Waals surface area contributed by atoms with Crippen LogP contribution in [0, 0.1) is 5.92 Å². The summed E-state index contributed by atoms with van der Waals surface area (Å²) in [6.07, 6.45) is 2.46. The van der Waals surface area contributed by atoms with Crippen LogP contribution in [-0.4, -0.2) is 29.4 Å². The Labute approximate surface area is 113 Å². The van der Waals surface area contributed by atoms with E-state index >= 15 is 0 Å². The van der Waals surface area contributed by atoms with Crippen molar-refractivity contribution in [2.24, 2.45) is 5.92 Å². The molecular formula is C15H21NO3. The highest BCUT2D eigenvalue weighted by atomic mass is 16.7. The first-order valence-corrected chi connectivity index (χ1v) is 6.99. The van der Waals surface area contributed by atoms with E-state index < -0.39 is 0 Å². The van der Waals surface area contributed by atoms with E-state index in [-0.39, 0.29) is 6.79 Å². The molecule has 2 atom stereocenters. The summed E-state index contributed by atoms with van der Waals surface area (Å²) >= 11 is 0. The average molecular weight is 263 g/mol. The monoisotopic (exact) mass is 263 g/mol. The third-order valence-corrected chi connectivity index (χ3v) is 4.22. The molecule has 2 aliphatic rings. The predicted molar refractivity (Wildman–Crippen MR) is 72.5 cm³/mol. The molecule has 0 radical (unpaired) electrons. The number of aromatic hydroxyl groups is 1. The molecule has 0 saturated carbocycles. The number of likely N-dealkylation sites (tertiary alicyclic amines) is 1. The highest BCUT2D eigenvalue weighted by Gasteiger charge is 2.25. The number of rotatable bonds is 2. The van der Waals surface area contributed by atoms with Crippen LogP contribution in [0.1, 0.15) is 32.3 Å². The molecule has 4 heteroatoms. The van der Waals surface area contributed by atoms with Gasteiger partial charge in [-0.1, -0.05) is 6.92 Å². The molecule has 1 aromatic carbocycles. The van der Waals surface area contributed by atoms with Gasteiger partial charge >= 0.3 is 0 Å². The third-order valence-electron chi connectivity index (χ3n) is 4.22. The molecule has 104 valence electrons.